The summed E-state index contributed by atoms with van der Waals surface area (Å²) in [6, 6.07) is 14.6. The number of thioether (sulfide) groups is 1. The monoisotopic (exact) mass is 527 g/mol. The Hall–Kier alpha value is -3.86. The van der Waals surface area contributed by atoms with Crippen molar-refractivity contribution >= 4 is 41.4 Å². The molecule has 0 bridgehead atoms. The van der Waals surface area contributed by atoms with E-state index >= 15 is 0 Å². The lowest BCUT2D eigenvalue weighted by atomic mass is 10.0. The number of aliphatic carboxylic acids is 2. The van der Waals surface area contributed by atoms with Crippen molar-refractivity contribution in [2.75, 3.05) is 6.54 Å². The molecule has 3 rings (SSSR count). The summed E-state index contributed by atoms with van der Waals surface area (Å²) in [5.41, 5.74) is 1.40. The van der Waals surface area contributed by atoms with Gasteiger partial charge in [-0.25, -0.2) is 9.59 Å². The van der Waals surface area contributed by atoms with Gasteiger partial charge in [-0.3, -0.25) is 14.4 Å². The summed E-state index contributed by atoms with van der Waals surface area (Å²) in [6.45, 7) is 2.66. The van der Waals surface area contributed by atoms with E-state index in [-0.39, 0.29) is 12.8 Å². The van der Waals surface area contributed by atoms with Crippen LogP contribution in [0, 0.1) is 0 Å². The molecule has 196 valence electrons. The van der Waals surface area contributed by atoms with Crippen LogP contribution in [0.1, 0.15) is 25.0 Å². The van der Waals surface area contributed by atoms with Crippen molar-refractivity contribution in [3.63, 3.8) is 0 Å². The van der Waals surface area contributed by atoms with Crippen LogP contribution >= 0.6 is 11.8 Å². The lowest BCUT2D eigenvalue weighted by Crippen LogP contribution is -2.59. The molecular formula is C26H29N3O7S. The number of nitrogens with zero attached hydrogens (tertiary/aromatic N) is 1. The largest absolute Gasteiger partial charge is 0.480 e. The molecule has 2 aromatic rings. The second kappa shape index (κ2) is 11.9. The number of carboxylic acids is 2. The molecule has 0 aliphatic carbocycles. The first-order valence-electron chi connectivity index (χ1n) is 11.6. The standard InChI is InChI=1S/C26H29N3O7S/c1-26(2)22(25(35)36)29(20(32)15-27-18(30)13-16-9-5-3-6-10-16)23(37-26)21(24(33)34)28-19(31)14-17-11-7-4-8-12-17/h3-12,21-23H,13-15H2,1-2H3,(H,27,30)(H,28,31)(H,33,34)(H,35,36). The molecule has 1 saturated heterocycles. The average molecular weight is 528 g/mol. The molecule has 1 heterocycles. The van der Waals surface area contributed by atoms with Crippen LogP contribution < -0.4 is 10.6 Å². The van der Waals surface area contributed by atoms with E-state index in [2.05, 4.69) is 10.6 Å². The first kappa shape index (κ1) is 27.7. The number of carbonyl (C=O) groups is 5. The highest BCUT2D eigenvalue weighted by molar-refractivity contribution is 8.01. The van der Waals surface area contributed by atoms with E-state index < -0.39 is 58.4 Å². The van der Waals surface area contributed by atoms with Gasteiger partial charge in [0.05, 0.1) is 19.4 Å². The van der Waals surface area contributed by atoms with E-state index in [1.54, 1.807) is 74.5 Å². The predicted octanol–water partition coefficient (Wildman–Crippen LogP) is 1.29. The number of nitrogens with one attached hydrogen (secondary N) is 2. The molecular weight excluding hydrogens is 498 g/mol. The van der Waals surface area contributed by atoms with Crippen LogP contribution in [0.3, 0.4) is 0 Å². The van der Waals surface area contributed by atoms with E-state index in [0.29, 0.717) is 5.56 Å². The Morgan fingerprint density at radius 3 is 1.89 bits per heavy atom. The summed E-state index contributed by atoms with van der Waals surface area (Å²) < 4.78 is -1.07. The van der Waals surface area contributed by atoms with Gasteiger partial charge >= 0.3 is 11.9 Å². The van der Waals surface area contributed by atoms with E-state index in [1.165, 1.54) is 0 Å². The van der Waals surface area contributed by atoms with E-state index in [0.717, 1.165) is 22.2 Å². The van der Waals surface area contributed by atoms with Crippen molar-refractivity contribution in [1.29, 1.82) is 0 Å². The van der Waals surface area contributed by atoms with Gasteiger partial charge in [-0.15, -0.1) is 11.8 Å². The maximum Gasteiger partial charge on any atom is 0.329 e. The highest BCUT2D eigenvalue weighted by Crippen LogP contribution is 2.45. The number of hydrogen-bond donors (Lipinski definition) is 4. The fraction of sp³-hybridized carbons (Fsp3) is 0.346. The minimum Gasteiger partial charge on any atom is -0.480 e. The van der Waals surface area contributed by atoms with Crippen LogP contribution in [0.15, 0.2) is 60.7 Å². The van der Waals surface area contributed by atoms with Crippen molar-refractivity contribution in [2.45, 2.75) is 48.9 Å². The molecule has 11 heteroatoms. The molecule has 10 nitrogen and oxygen atoms in total. The van der Waals surface area contributed by atoms with E-state index in [4.69, 9.17) is 0 Å². The maximum absolute atomic E-state index is 13.2. The second-order valence-electron chi connectivity index (χ2n) is 9.14. The molecule has 0 saturated carbocycles. The topological polar surface area (TPSA) is 153 Å². The third kappa shape index (κ3) is 7.10. The van der Waals surface area contributed by atoms with Gasteiger partial charge in [-0.2, -0.15) is 0 Å². The number of rotatable bonds is 10. The number of amides is 3. The highest BCUT2D eigenvalue weighted by Gasteiger charge is 2.56. The number of carboxylic acid groups (broad SMARTS) is 2. The fourth-order valence-corrected chi connectivity index (χ4v) is 5.85. The Labute approximate surface area is 218 Å². The van der Waals surface area contributed by atoms with Crippen LogP contribution in [0.2, 0.25) is 0 Å². The van der Waals surface area contributed by atoms with Crippen molar-refractivity contribution < 1.29 is 34.2 Å². The molecule has 1 fully saturated rings. The predicted molar refractivity (Wildman–Crippen MR) is 137 cm³/mol. The molecule has 1 aliphatic heterocycles. The SMILES string of the molecule is CC1(C)SC(C(NC(=O)Cc2ccccc2)C(=O)O)N(C(=O)CNC(=O)Cc2ccccc2)C1C(=O)O. The zero-order valence-electron chi connectivity index (χ0n) is 20.4. The minimum absolute atomic E-state index is 0.0213. The third-order valence-electron chi connectivity index (χ3n) is 5.88. The Morgan fingerprint density at radius 1 is 0.892 bits per heavy atom. The van der Waals surface area contributed by atoms with Gasteiger partial charge < -0.3 is 25.7 Å². The van der Waals surface area contributed by atoms with Gasteiger partial charge in [-0.1, -0.05) is 60.7 Å². The molecule has 2 aromatic carbocycles. The van der Waals surface area contributed by atoms with Gasteiger partial charge in [0.25, 0.3) is 0 Å². The molecule has 0 spiro atoms. The average Bonchev–Trinajstić information content (AvgIpc) is 3.13. The van der Waals surface area contributed by atoms with Gasteiger partial charge in [0.1, 0.15) is 11.4 Å². The number of carbonyl (C=O) groups excluding carboxylic acids is 3. The van der Waals surface area contributed by atoms with Crippen LogP contribution in [-0.2, 0) is 36.8 Å². The zero-order valence-corrected chi connectivity index (χ0v) is 21.2. The Balaban J connectivity index is 1.78. The van der Waals surface area contributed by atoms with Crippen LogP contribution in [0.25, 0.3) is 0 Å². The summed E-state index contributed by atoms with van der Waals surface area (Å²) in [4.78, 5) is 63.6. The highest BCUT2D eigenvalue weighted by atomic mass is 32.2. The van der Waals surface area contributed by atoms with Crippen molar-refractivity contribution in [3.05, 3.63) is 71.8 Å². The number of benzene rings is 2. The molecule has 1 aliphatic rings. The van der Waals surface area contributed by atoms with Gasteiger partial charge in [-0.05, 0) is 25.0 Å². The first-order valence-corrected chi connectivity index (χ1v) is 12.5. The normalized spacial score (nSPS) is 19.0. The summed E-state index contributed by atoms with van der Waals surface area (Å²) >= 11 is 0.978. The molecule has 3 atom stereocenters. The van der Waals surface area contributed by atoms with Gasteiger partial charge in [0, 0.05) is 4.75 Å². The summed E-state index contributed by atoms with van der Waals surface area (Å²) in [5.74, 6) is -4.52. The third-order valence-corrected chi connectivity index (χ3v) is 7.45. The zero-order chi connectivity index (χ0) is 27.2. The fourth-order valence-electron chi connectivity index (χ4n) is 4.22. The Morgan fingerprint density at radius 2 is 1.41 bits per heavy atom. The first-order chi connectivity index (χ1) is 17.5. The van der Waals surface area contributed by atoms with Crippen LogP contribution in [-0.4, -0.2) is 73.5 Å². The molecule has 4 N–H and O–H groups in total. The van der Waals surface area contributed by atoms with Crippen LogP contribution in [0.5, 0.6) is 0 Å². The van der Waals surface area contributed by atoms with Gasteiger partial charge in [0.2, 0.25) is 17.7 Å². The van der Waals surface area contributed by atoms with E-state index in [9.17, 15) is 34.2 Å². The molecule has 3 amide bonds. The lowest BCUT2D eigenvalue weighted by molar-refractivity contribution is -0.153. The molecule has 3 unspecified atom stereocenters. The van der Waals surface area contributed by atoms with Crippen molar-refractivity contribution in [2.24, 2.45) is 0 Å². The summed E-state index contributed by atoms with van der Waals surface area (Å²) in [7, 11) is 0. The molecule has 0 aromatic heterocycles. The summed E-state index contributed by atoms with van der Waals surface area (Å²) in [5, 5.41) is 23.6. The van der Waals surface area contributed by atoms with Crippen molar-refractivity contribution in [3.8, 4) is 0 Å². The Bertz CT molecular complexity index is 1160. The van der Waals surface area contributed by atoms with Crippen LogP contribution in [0.4, 0.5) is 0 Å². The van der Waals surface area contributed by atoms with E-state index in [1.807, 2.05) is 0 Å². The second-order valence-corrected chi connectivity index (χ2v) is 10.9. The Kier molecular flexibility index (Phi) is 8.93. The van der Waals surface area contributed by atoms with Crippen molar-refractivity contribution in [1.82, 2.24) is 15.5 Å². The lowest BCUT2D eigenvalue weighted by Gasteiger charge is -2.32. The summed E-state index contributed by atoms with van der Waals surface area (Å²) in [6.07, 6.45) is -0.0648. The molecule has 37 heavy (non-hydrogen) atoms. The quantitative estimate of drug-likeness (QED) is 0.361. The smallest absolute Gasteiger partial charge is 0.329 e. The molecule has 0 radical (unpaired) electrons. The van der Waals surface area contributed by atoms with Gasteiger partial charge in [0.15, 0.2) is 6.04 Å². The minimum atomic E-state index is -1.58. The number of hydrogen-bond acceptors (Lipinski definition) is 6. The maximum atomic E-state index is 13.2.